The lowest BCUT2D eigenvalue weighted by atomic mass is 9.99. The second kappa shape index (κ2) is 43.3. The summed E-state index contributed by atoms with van der Waals surface area (Å²) in [6.07, 6.45) is 0.935. The Morgan fingerprint density at radius 2 is 0.553 bits per heavy atom. The van der Waals surface area contributed by atoms with Gasteiger partial charge in [0.2, 0.25) is 53.2 Å². The van der Waals surface area contributed by atoms with Gasteiger partial charge < -0.3 is 79.8 Å². The first kappa shape index (κ1) is 88.4. The molecule has 0 aliphatic rings. The van der Waals surface area contributed by atoms with Gasteiger partial charge in [-0.1, -0.05) is 77.9 Å². The standard InChI is InChI=1S/C75H120N16O12/c1-46(2)37-58(67(98)88-73(13,14)70(101)82-49(7)8)85-61(92)43-79-64(95)55-25-19-52(20-26-55)40-76-31-34-91(35-32-77-41-53-21-27-56(28-22-53)65(96)80-44-62(93)86-59(38-47(3)4)68(99)89-74(15,16)71(102)83-50(9)10)36-33-78-42-54-23-29-57(30-24-54)66(97)81-45-63(94)87-60(39-48(5)6)69(100)90-75(17,18)72(103)84-51(11)12/h19-30,46-51,58-60,76-78H,31-45H2,1-18H3,(H,79,95)(H,80,96)(H,81,97)(H,82,101)(H,83,102)(H,84,103)(H,85,92)(H,86,93)(H,87,94)(H,88,98)(H,89,99)(H,90,100)/t58-,59-,60-/m0/s1. The molecule has 3 atom stereocenters. The fourth-order valence-electron chi connectivity index (χ4n) is 10.4. The van der Waals surface area contributed by atoms with Crippen LogP contribution in [0.4, 0.5) is 0 Å². The Labute approximate surface area is 609 Å². The molecule has 3 aromatic rings. The summed E-state index contributed by atoms with van der Waals surface area (Å²) in [6.45, 7) is 36.1. The van der Waals surface area contributed by atoms with Crippen molar-refractivity contribution in [3.63, 3.8) is 0 Å². The molecule has 12 amide bonds. The Kier molecular flexibility index (Phi) is 37.1. The predicted molar refractivity (Wildman–Crippen MR) is 399 cm³/mol. The van der Waals surface area contributed by atoms with Crippen molar-refractivity contribution in [3.8, 4) is 0 Å². The highest BCUT2D eigenvalue weighted by atomic mass is 16.2. The first-order valence-electron chi connectivity index (χ1n) is 35.9. The molecule has 0 heterocycles. The van der Waals surface area contributed by atoms with Gasteiger partial charge in [0.1, 0.15) is 34.7 Å². The van der Waals surface area contributed by atoms with Crippen LogP contribution in [-0.2, 0) is 62.8 Å². The van der Waals surface area contributed by atoms with Gasteiger partial charge in [-0.2, -0.15) is 0 Å². The molecule has 0 bridgehead atoms. The van der Waals surface area contributed by atoms with Crippen molar-refractivity contribution in [1.29, 1.82) is 0 Å². The average molecular weight is 1440 g/mol. The Morgan fingerprint density at radius 1 is 0.330 bits per heavy atom. The van der Waals surface area contributed by atoms with Crippen LogP contribution in [-0.4, -0.2) is 188 Å². The van der Waals surface area contributed by atoms with Crippen LogP contribution in [0, 0.1) is 17.8 Å². The molecule has 0 aliphatic carbocycles. The van der Waals surface area contributed by atoms with Crippen LogP contribution in [0.1, 0.15) is 192 Å². The molecule has 3 aromatic carbocycles. The van der Waals surface area contributed by atoms with Crippen LogP contribution in [0.5, 0.6) is 0 Å². The smallest absolute Gasteiger partial charge is 0.251 e. The fourth-order valence-corrected chi connectivity index (χ4v) is 10.4. The summed E-state index contributed by atoms with van der Waals surface area (Å²) in [5, 5.41) is 43.1. The van der Waals surface area contributed by atoms with Crippen LogP contribution < -0.4 is 79.8 Å². The number of hydrogen-bond donors (Lipinski definition) is 15. The molecule has 0 fully saturated rings. The molecule has 0 aromatic heterocycles. The molecule has 572 valence electrons. The highest BCUT2D eigenvalue weighted by Gasteiger charge is 2.36. The lowest BCUT2D eigenvalue weighted by molar-refractivity contribution is -0.135. The van der Waals surface area contributed by atoms with Gasteiger partial charge in [-0.15, -0.1) is 0 Å². The summed E-state index contributed by atoms with van der Waals surface area (Å²) in [5.41, 5.74) is 0.0841. The number of amides is 12. The zero-order chi connectivity index (χ0) is 77.4. The molecular formula is C75H120N16O12. The normalized spacial score (nSPS) is 12.7. The first-order chi connectivity index (χ1) is 48.2. The fraction of sp³-hybridized carbons (Fsp3) is 0.600. The number of carbonyl (C=O) groups excluding carboxylic acids is 12. The van der Waals surface area contributed by atoms with Crippen molar-refractivity contribution >= 4 is 70.9 Å². The zero-order valence-corrected chi connectivity index (χ0v) is 64.1. The maximum atomic E-state index is 13.3. The van der Waals surface area contributed by atoms with Gasteiger partial charge >= 0.3 is 0 Å². The molecule has 28 heteroatoms. The first-order valence-corrected chi connectivity index (χ1v) is 35.9. The quantitative estimate of drug-likeness (QED) is 0.0362. The van der Waals surface area contributed by atoms with Crippen LogP contribution in [0.3, 0.4) is 0 Å². The Balaban J connectivity index is 1.62. The minimum absolute atomic E-state index is 0.0361. The van der Waals surface area contributed by atoms with Crippen molar-refractivity contribution < 1.29 is 57.5 Å². The molecule has 0 saturated carbocycles. The largest absolute Gasteiger partial charge is 0.352 e. The minimum Gasteiger partial charge on any atom is -0.352 e. The van der Waals surface area contributed by atoms with E-state index in [1.807, 2.05) is 119 Å². The average Bonchev–Trinajstić information content (AvgIpc) is 0.858. The summed E-state index contributed by atoms with van der Waals surface area (Å²) in [4.78, 5) is 159. The van der Waals surface area contributed by atoms with Crippen molar-refractivity contribution in [2.24, 2.45) is 17.8 Å². The van der Waals surface area contributed by atoms with E-state index in [1.54, 1.807) is 77.9 Å². The molecule has 3 rings (SSSR count). The lowest BCUT2D eigenvalue weighted by Crippen LogP contribution is -2.60. The third-order valence-corrected chi connectivity index (χ3v) is 16.0. The Bertz CT molecular complexity index is 2940. The van der Waals surface area contributed by atoms with Gasteiger partial charge in [-0.25, -0.2) is 0 Å². The summed E-state index contributed by atoms with van der Waals surface area (Å²) in [5.74, 6) is -5.60. The van der Waals surface area contributed by atoms with E-state index in [0.29, 0.717) is 94.9 Å². The molecule has 103 heavy (non-hydrogen) atoms. The summed E-state index contributed by atoms with van der Waals surface area (Å²) >= 11 is 0. The number of hydrogen-bond acceptors (Lipinski definition) is 16. The molecule has 0 aliphatic heterocycles. The van der Waals surface area contributed by atoms with Gasteiger partial charge in [0, 0.05) is 93.7 Å². The van der Waals surface area contributed by atoms with Crippen LogP contribution in [0.2, 0.25) is 0 Å². The molecule has 0 spiro atoms. The van der Waals surface area contributed by atoms with E-state index in [9.17, 15) is 57.5 Å². The van der Waals surface area contributed by atoms with E-state index in [0.717, 1.165) is 16.7 Å². The topological polar surface area (TPSA) is 389 Å². The van der Waals surface area contributed by atoms with Crippen molar-refractivity contribution in [2.75, 3.05) is 58.9 Å². The number of nitrogens with one attached hydrogen (secondary N) is 15. The molecule has 28 nitrogen and oxygen atoms in total. The van der Waals surface area contributed by atoms with Gasteiger partial charge in [-0.05, 0) is 173 Å². The highest BCUT2D eigenvalue weighted by Crippen LogP contribution is 2.15. The zero-order valence-electron chi connectivity index (χ0n) is 64.1. The Morgan fingerprint density at radius 3 is 0.757 bits per heavy atom. The monoisotopic (exact) mass is 1440 g/mol. The molecule has 0 unspecified atom stereocenters. The van der Waals surface area contributed by atoms with Crippen molar-refractivity contribution in [2.45, 2.75) is 216 Å². The van der Waals surface area contributed by atoms with Crippen molar-refractivity contribution in [3.05, 3.63) is 106 Å². The van der Waals surface area contributed by atoms with E-state index in [2.05, 4.69) is 84.7 Å². The third-order valence-electron chi connectivity index (χ3n) is 16.0. The van der Waals surface area contributed by atoms with Crippen LogP contribution >= 0.6 is 0 Å². The maximum absolute atomic E-state index is 13.3. The number of rotatable bonds is 45. The van der Waals surface area contributed by atoms with Gasteiger partial charge in [0.15, 0.2) is 0 Å². The highest BCUT2D eigenvalue weighted by molar-refractivity contribution is 6.00. The second-order valence-corrected chi connectivity index (χ2v) is 30.0. The number of nitrogens with zero attached hydrogens (tertiary/aromatic N) is 1. The Hall–Kier alpha value is -8.86. The van der Waals surface area contributed by atoms with E-state index >= 15 is 0 Å². The molecule has 0 saturated heterocycles. The number of carbonyl (C=O) groups is 12. The van der Waals surface area contributed by atoms with E-state index in [4.69, 9.17) is 0 Å². The van der Waals surface area contributed by atoms with Crippen molar-refractivity contribution in [1.82, 2.24) is 84.7 Å². The van der Waals surface area contributed by atoms with E-state index in [-0.39, 0.29) is 73.2 Å². The van der Waals surface area contributed by atoms with E-state index in [1.165, 1.54) is 0 Å². The third kappa shape index (κ3) is 34.3. The van der Waals surface area contributed by atoms with Gasteiger partial charge in [-0.3, -0.25) is 62.4 Å². The molecule has 15 N–H and O–H groups in total. The SMILES string of the molecule is CC(C)C[C@H](NC(=O)CNC(=O)c1ccc(CNCCN(CCNCc2ccc(C(=O)NCC(=O)N[C@@H](CC(C)C)C(=O)NC(C)(C)C(=O)NC(C)C)cc2)CCNCc2ccc(C(=O)NCC(=O)N[C@@H](CC(C)C)C(=O)NC(C)(C)C(=O)NC(C)C)cc2)cc1)C(=O)NC(C)(C)C(=O)NC(C)C. The number of benzene rings is 3. The summed E-state index contributed by atoms with van der Waals surface area (Å²) in [6, 6.07) is 17.8. The minimum atomic E-state index is -1.23. The van der Waals surface area contributed by atoms with E-state index < -0.39 is 87.9 Å². The molecule has 0 radical (unpaired) electrons. The lowest BCUT2D eigenvalue weighted by Gasteiger charge is -2.29. The summed E-state index contributed by atoms with van der Waals surface area (Å²) < 4.78 is 0. The maximum Gasteiger partial charge on any atom is 0.251 e. The van der Waals surface area contributed by atoms with Crippen LogP contribution in [0.25, 0.3) is 0 Å². The molecular weight excluding hydrogens is 1320 g/mol. The summed E-state index contributed by atoms with van der Waals surface area (Å²) in [7, 11) is 0. The van der Waals surface area contributed by atoms with Crippen LogP contribution in [0.15, 0.2) is 72.8 Å². The predicted octanol–water partition coefficient (Wildman–Crippen LogP) is 2.70. The van der Waals surface area contributed by atoms with Gasteiger partial charge in [0.05, 0.1) is 19.6 Å². The second-order valence-electron chi connectivity index (χ2n) is 30.0. The van der Waals surface area contributed by atoms with Gasteiger partial charge in [0.25, 0.3) is 17.7 Å².